The summed E-state index contributed by atoms with van der Waals surface area (Å²) >= 11 is 7.47. The number of halogens is 1. The van der Waals surface area contributed by atoms with Crippen molar-refractivity contribution in [3.8, 4) is 0 Å². The number of rotatable bonds is 5. The molecule has 0 saturated carbocycles. The molecule has 3 aromatic rings. The summed E-state index contributed by atoms with van der Waals surface area (Å²) in [5, 5.41) is 7.10. The molecule has 2 amide bonds. The van der Waals surface area contributed by atoms with E-state index in [9.17, 15) is 9.59 Å². The SMILES string of the molecule is CC(C)(C)[C@@H]1CCc2c(sc(NC(=O)c3ccc(Cl)cc3)c2C(=O)NCc2ccco2)C1. The molecule has 7 heteroatoms. The normalized spacial score (nSPS) is 15.8. The van der Waals surface area contributed by atoms with Crippen LogP contribution in [0.1, 0.15) is 64.1 Å². The van der Waals surface area contributed by atoms with E-state index in [0.29, 0.717) is 39.4 Å². The molecular weight excluding hydrogens is 444 g/mol. The Balaban J connectivity index is 1.63. The van der Waals surface area contributed by atoms with E-state index >= 15 is 0 Å². The van der Waals surface area contributed by atoms with E-state index in [2.05, 4.69) is 31.4 Å². The maximum absolute atomic E-state index is 13.2. The first-order valence-electron chi connectivity index (χ1n) is 10.7. The standard InChI is InChI=1S/C25H27ClN2O3S/c1-25(2,3)16-8-11-19-20(13-16)32-24(28-22(29)15-6-9-17(26)10-7-15)21(19)23(30)27-14-18-5-4-12-31-18/h4-7,9-10,12,16H,8,11,13-14H2,1-3H3,(H,27,30)(H,28,29)/t16-/m1/s1. The number of hydrogen-bond acceptors (Lipinski definition) is 4. The van der Waals surface area contributed by atoms with E-state index in [1.54, 1.807) is 36.6 Å². The molecule has 0 bridgehead atoms. The van der Waals surface area contributed by atoms with Gasteiger partial charge in [-0.2, -0.15) is 0 Å². The van der Waals surface area contributed by atoms with Crippen LogP contribution in [0.5, 0.6) is 0 Å². The Morgan fingerprint density at radius 2 is 1.91 bits per heavy atom. The first kappa shape index (κ1) is 22.6. The number of fused-ring (bicyclic) bond motifs is 1. The quantitative estimate of drug-likeness (QED) is 0.457. The highest BCUT2D eigenvalue weighted by atomic mass is 35.5. The van der Waals surface area contributed by atoms with E-state index in [1.165, 1.54) is 16.2 Å². The molecule has 4 rings (SSSR count). The van der Waals surface area contributed by atoms with E-state index in [4.69, 9.17) is 16.0 Å². The first-order valence-corrected chi connectivity index (χ1v) is 11.9. The molecule has 1 aliphatic rings. The van der Waals surface area contributed by atoms with Crippen LogP contribution >= 0.6 is 22.9 Å². The lowest BCUT2D eigenvalue weighted by Crippen LogP contribution is -2.28. The Morgan fingerprint density at radius 3 is 2.56 bits per heavy atom. The number of benzene rings is 1. The van der Waals surface area contributed by atoms with Gasteiger partial charge < -0.3 is 15.1 Å². The van der Waals surface area contributed by atoms with Crippen molar-refractivity contribution in [2.45, 2.75) is 46.6 Å². The fraction of sp³-hybridized carbons (Fsp3) is 0.360. The summed E-state index contributed by atoms with van der Waals surface area (Å²) in [6.07, 6.45) is 4.35. The van der Waals surface area contributed by atoms with Crippen LogP contribution < -0.4 is 10.6 Å². The highest BCUT2D eigenvalue weighted by molar-refractivity contribution is 7.17. The van der Waals surface area contributed by atoms with Gasteiger partial charge in [-0.3, -0.25) is 9.59 Å². The highest BCUT2D eigenvalue weighted by Gasteiger charge is 2.34. The average Bonchev–Trinajstić information content (AvgIpc) is 3.38. The molecule has 0 radical (unpaired) electrons. The molecule has 0 unspecified atom stereocenters. The zero-order valence-corrected chi connectivity index (χ0v) is 20.0. The molecule has 5 nitrogen and oxygen atoms in total. The smallest absolute Gasteiger partial charge is 0.256 e. The zero-order valence-electron chi connectivity index (χ0n) is 18.5. The Morgan fingerprint density at radius 1 is 1.16 bits per heavy atom. The summed E-state index contributed by atoms with van der Waals surface area (Å²) in [5.74, 6) is 0.765. The van der Waals surface area contributed by atoms with Crippen molar-refractivity contribution < 1.29 is 14.0 Å². The van der Waals surface area contributed by atoms with Gasteiger partial charge in [-0.1, -0.05) is 32.4 Å². The van der Waals surface area contributed by atoms with Crippen LogP contribution in [0.15, 0.2) is 47.1 Å². The summed E-state index contributed by atoms with van der Waals surface area (Å²) in [4.78, 5) is 27.3. The van der Waals surface area contributed by atoms with E-state index in [-0.39, 0.29) is 17.2 Å². The predicted molar refractivity (Wildman–Crippen MR) is 129 cm³/mol. The Bertz CT molecular complexity index is 1110. The first-order chi connectivity index (χ1) is 15.2. The molecular formula is C25H27ClN2O3S. The molecule has 1 atom stereocenters. The van der Waals surface area contributed by atoms with Crippen molar-refractivity contribution in [3.63, 3.8) is 0 Å². The lowest BCUT2D eigenvalue weighted by atomic mass is 9.72. The third-order valence-electron chi connectivity index (χ3n) is 6.05. The number of nitrogens with one attached hydrogen (secondary N) is 2. The van der Waals surface area contributed by atoms with Crippen molar-refractivity contribution in [2.24, 2.45) is 11.3 Å². The van der Waals surface area contributed by atoms with Crippen molar-refractivity contribution in [1.82, 2.24) is 5.32 Å². The maximum atomic E-state index is 13.2. The monoisotopic (exact) mass is 470 g/mol. The van der Waals surface area contributed by atoms with Gasteiger partial charge >= 0.3 is 0 Å². The van der Waals surface area contributed by atoms with E-state index in [1.807, 2.05) is 6.07 Å². The van der Waals surface area contributed by atoms with Gasteiger partial charge in [0.1, 0.15) is 10.8 Å². The number of carbonyl (C=O) groups excluding carboxylic acids is 2. The minimum absolute atomic E-state index is 0.191. The van der Waals surface area contributed by atoms with Crippen LogP contribution in [0.3, 0.4) is 0 Å². The summed E-state index contributed by atoms with van der Waals surface area (Å²) in [6.45, 7) is 7.08. The van der Waals surface area contributed by atoms with Crippen molar-refractivity contribution in [2.75, 3.05) is 5.32 Å². The number of carbonyl (C=O) groups is 2. The average molecular weight is 471 g/mol. The molecule has 2 aromatic heterocycles. The van der Waals surface area contributed by atoms with Crippen molar-refractivity contribution in [3.05, 3.63) is 75.0 Å². The lowest BCUT2D eigenvalue weighted by molar-refractivity contribution is 0.0947. The summed E-state index contributed by atoms with van der Waals surface area (Å²) < 4.78 is 5.34. The largest absolute Gasteiger partial charge is 0.467 e. The Labute approximate surface area is 197 Å². The Hall–Kier alpha value is -2.57. The fourth-order valence-electron chi connectivity index (χ4n) is 4.10. The summed E-state index contributed by atoms with van der Waals surface area (Å²) in [5.41, 5.74) is 2.32. The summed E-state index contributed by atoms with van der Waals surface area (Å²) in [6, 6.07) is 10.3. The number of amides is 2. The predicted octanol–water partition coefficient (Wildman–Crippen LogP) is 6.33. The van der Waals surface area contributed by atoms with Gasteiger partial charge in [0.2, 0.25) is 0 Å². The third-order valence-corrected chi connectivity index (χ3v) is 7.48. The van der Waals surface area contributed by atoms with Gasteiger partial charge in [0.05, 0.1) is 18.4 Å². The molecule has 0 spiro atoms. The second kappa shape index (κ2) is 9.12. The second-order valence-electron chi connectivity index (χ2n) is 9.24. The van der Waals surface area contributed by atoms with Gasteiger partial charge in [-0.05, 0) is 72.6 Å². The number of hydrogen-bond donors (Lipinski definition) is 2. The zero-order chi connectivity index (χ0) is 22.9. The molecule has 0 aliphatic heterocycles. The minimum Gasteiger partial charge on any atom is -0.467 e. The van der Waals surface area contributed by atoms with Crippen molar-refractivity contribution >= 4 is 39.8 Å². The molecule has 0 saturated heterocycles. The van der Waals surface area contributed by atoms with Crippen LogP contribution in [0.4, 0.5) is 5.00 Å². The molecule has 1 aliphatic carbocycles. The topological polar surface area (TPSA) is 71.3 Å². The number of furan rings is 1. The summed E-state index contributed by atoms with van der Waals surface area (Å²) in [7, 11) is 0. The molecule has 2 N–H and O–H groups in total. The van der Waals surface area contributed by atoms with Gasteiger partial charge in [0.25, 0.3) is 11.8 Å². The molecule has 0 fully saturated rings. The van der Waals surface area contributed by atoms with Gasteiger partial charge in [0.15, 0.2) is 0 Å². The minimum atomic E-state index is -0.257. The van der Waals surface area contributed by atoms with Gasteiger partial charge in [-0.15, -0.1) is 11.3 Å². The van der Waals surface area contributed by atoms with Crippen LogP contribution in [-0.4, -0.2) is 11.8 Å². The van der Waals surface area contributed by atoms with Gasteiger partial charge in [0, 0.05) is 15.5 Å². The second-order valence-corrected chi connectivity index (χ2v) is 10.8. The van der Waals surface area contributed by atoms with E-state index in [0.717, 1.165) is 24.8 Å². The van der Waals surface area contributed by atoms with Crippen molar-refractivity contribution in [1.29, 1.82) is 0 Å². The fourth-order valence-corrected chi connectivity index (χ4v) is 5.54. The van der Waals surface area contributed by atoms with Crippen LogP contribution in [0, 0.1) is 11.3 Å². The lowest BCUT2D eigenvalue weighted by Gasteiger charge is -2.33. The van der Waals surface area contributed by atoms with Crippen LogP contribution in [-0.2, 0) is 19.4 Å². The Kier molecular flexibility index (Phi) is 6.45. The van der Waals surface area contributed by atoms with Crippen LogP contribution in [0.25, 0.3) is 0 Å². The molecule has 2 heterocycles. The maximum Gasteiger partial charge on any atom is 0.256 e. The molecule has 1 aromatic carbocycles. The van der Waals surface area contributed by atoms with Gasteiger partial charge in [-0.25, -0.2) is 0 Å². The van der Waals surface area contributed by atoms with Crippen LogP contribution in [0.2, 0.25) is 5.02 Å². The molecule has 32 heavy (non-hydrogen) atoms. The number of thiophene rings is 1. The number of anilines is 1. The molecule has 168 valence electrons. The van der Waals surface area contributed by atoms with E-state index < -0.39 is 0 Å². The highest BCUT2D eigenvalue weighted by Crippen LogP contribution is 2.44. The third kappa shape index (κ3) is 4.92.